The van der Waals surface area contributed by atoms with Gasteiger partial charge in [-0.15, -0.1) is 0 Å². The quantitative estimate of drug-likeness (QED) is 0.826. The molecule has 1 aromatic carbocycles. The van der Waals surface area contributed by atoms with E-state index >= 15 is 0 Å². The van der Waals surface area contributed by atoms with Gasteiger partial charge in [-0.05, 0) is 42.9 Å². The Bertz CT molecular complexity index is 531. The SMILES string of the molecule is Cc1ccc(Cl)cc1C(=O)CC1(CC(=O)O)CCCC1. The van der Waals surface area contributed by atoms with Gasteiger partial charge < -0.3 is 5.11 Å². The molecule has 1 fully saturated rings. The summed E-state index contributed by atoms with van der Waals surface area (Å²) >= 11 is 5.95. The maximum atomic E-state index is 12.5. The first kappa shape index (κ1) is 15.0. The van der Waals surface area contributed by atoms with Gasteiger partial charge in [0.2, 0.25) is 0 Å². The lowest BCUT2D eigenvalue weighted by Crippen LogP contribution is -2.25. The number of rotatable bonds is 5. The van der Waals surface area contributed by atoms with Gasteiger partial charge in [-0.3, -0.25) is 9.59 Å². The van der Waals surface area contributed by atoms with Crippen LogP contribution in [-0.2, 0) is 4.79 Å². The number of aliphatic carboxylic acids is 1. The Hall–Kier alpha value is -1.35. The Morgan fingerprint density at radius 3 is 2.50 bits per heavy atom. The molecule has 2 rings (SSSR count). The molecule has 0 aromatic heterocycles. The van der Waals surface area contributed by atoms with E-state index in [2.05, 4.69) is 0 Å². The van der Waals surface area contributed by atoms with Crippen LogP contribution in [0, 0.1) is 12.3 Å². The van der Waals surface area contributed by atoms with Gasteiger partial charge in [-0.2, -0.15) is 0 Å². The predicted molar refractivity (Wildman–Crippen MR) is 78.3 cm³/mol. The summed E-state index contributed by atoms with van der Waals surface area (Å²) in [6.07, 6.45) is 4.05. The van der Waals surface area contributed by atoms with E-state index in [0.717, 1.165) is 31.2 Å². The smallest absolute Gasteiger partial charge is 0.303 e. The van der Waals surface area contributed by atoms with Crippen LogP contribution in [0.4, 0.5) is 0 Å². The highest BCUT2D eigenvalue weighted by atomic mass is 35.5. The summed E-state index contributed by atoms with van der Waals surface area (Å²) in [5, 5.41) is 9.63. The third-order valence-electron chi connectivity index (χ3n) is 4.23. The van der Waals surface area contributed by atoms with Crippen molar-refractivity contribution in [2.45, 2.75) is 45.4 Å². The number of carbonyl (C=O) groups excluding carboxylic acids is 1. The zero-order valence-electron chi connectivity index (χ0n) is 11.6. The van der Waals surface area contributed by atoms with E-state index in [0.29, 0.717) is 17.0 Å². The van der Waals surface area contributed by atoms with Crippen LogP contribution in [0.3, 0.4) is 0 Å². The van der Waals surface area contributed by atoms with Gasteiger partial charge in [0, 0.05) is 17.0 Å². The van der Waals surface area contributed by atoms with E-state index in [1.54, 1.807) is 12.1 Å². The van der Waals surface area contributed by atoms with Gasteiger partial charge in [0.15, 0.2) is 5.78 Å². The Kier molecular flexibility index (Phi) is 4.48. The van der Waals surface area contributed by atoms with E-state index in [1.165, 1.54) is 0 Å². The number of hydrogen-bond donors (Lipinski definition) is 1. The number of Topliss-reactive ketones (excluding diaryl/α,β-unsaturated/α-hetero) is 1. The highest BCUT2D eigenvalue weighted by Crippen LogP contribution is 2.45. The molecular weight excluding hydrogens is 276 g/mol. The van der Waals surface area contributed by atoms with Crippen LogP contribution in [-0.4, -0.2) is 16.9 Å². The summed E-state index contributed by atoms with van der Waals surface area (Å²) in [5.74, 6) is -0.810. The van der Waals surface area contributed by atoms with Crippen molar-refractivity contribution in [1.82, 2.24) is 0 Å². The predicted octanol–water partition coefficient (Wildman–Crippen LogP) is 4.26. The fourth-order valence-electron chi connectivity index (χ4n) is 3.19. The van der Waals surface area contributed by atoms with Crippen LogP contribution >= 0.6 is 11.6 Å². The van der Waals surface area contributed by atoms with E-state index in [4.69, 9.17) is 16.7 Å². The van der Waals surface area contributed by atoms with E-state index < -0.39 is 5.97 Å². The zero-order valence-corrected chi connectivity index (χ0v) is 12.4. The summed E-state index contributed by atoms with van der Waals surface area (Å²) in [5.41, 5.74) is 1.15. The van der Waals surface area contributed by atoms with Crippen molar-refractivity contribution in [2.75, 3.05) is 0 Å². The summed E-state index contributed by atoms with van der Waals surface area (Å²) in [7, 11) is 0. The summed E-state index contributed by atoms with van der Waals surface area (Å²) < 4.78 is 0. The number of aryl methyl sites for hydroxylation is 1. The zero-order chi connectivity index (χ0) is 14.8. The first-order valence-electron chi connectivity index (χ1n) is 6.93. The third kappa shape index (κ3) is 3.40. The molecular formula is C16H19ClO3. The number of ketones is 1. The number of halogens is 1. The maximum absolute atomic E-state index is 12.5. The van der Waals surface area contributed by atoms with Crippen molar-refractivity contribution in [3.63, 3.8) is 0 Å². The van der Waals surface area contributed by atoms with Gasteiger partial charge in [0.1, 0.15) is 0 Å². The van der Waals surface area contributed by atoms with Gasteiger partial charge >= 0.3 is 5.97 Å². The van der Waals surface area contributed by atoms with Gasteiger partial charge in [-0.1, -0.05) is 30.5 Å². The average Bonchev–Trinajstić information content (AvgIpc) is 2.79. The molecule has 1 aliphatic carbocycles. The molecule has 0 spiro atoms. The molecule has 1 saturated carbocycles. The summed E-state index contributed by atoms with van der Waals surface area (Å²) in [6, 6.07) is 5.27. The van der Waals surface area contributed by atoms with Crippen molar-refractivity contribution in [1.29, 1.82) is 0 Å². The lowest BCUT2D eigenvalue weighted by molar-refractivity contribution is -0.139. The number of benzene rings is 1. The van der Waals surface area contributed by atoms with E-state index in [1.807, 2.05) is 13.0 Å². The molecule has 0 aliphatic heterocycles. The highest BCUT2D eigenvalue weighted by molar-refractivity contribution is 6.31. The molecule has 1 aromatic rings. The highest BCUT2D eigenvalue weighted by Gasteiger charge is 2.38. The minimum Gasteiger partial charge on any atom is -0.481 e. The normalized spacial score (nSPS) is 17.1. The summed E-state index contributed by atoms with van der Waals surface area (Å²) in [4.78, 5) is 23.6. The van der Waals surface area contributed by atoms with Crippen molar-refractivity contribution in [3.8, 4) is 0 Å². The Morgan fingerprint density at radius 2 is 1.90 bits per heavy atom. The fourth-order valence-corrected chi connectivity index (χ4v) is 3.36. The monoisotopic (exact) mass is 294 g/mol. The van der Waals surface area contributed by atoms with Crippen LogP contribution in [0.25, 0.3) is 0 Å². The molecule has 0 saturated heterocycles. The molecule has 0 heterocycles. The Morgan fingerprint density at radius 1 is 1.25 bits per heavy atom. The van der Waals surface area contributed by atoms with Crippen LogP contribution in [0.1, 0.15) is 54.4 Å². The van der Waals surface area contributed by atoms with E-state index in [9.17, 15) is 9.59 Å². The molecule has 4 heteroatoms. The maximum Gasteiger partial charge on any atom is 0.303 e. The average molecular weight is 295 g/mol. The number of carboxylic acid groups (broad SMARTS) is 1. The van der Waals surface area contributed by atoms with Crippen LogP contribution in [0.5, 0.6) is 0 Å². The van der Waals surface area contributed by atoms with Crippen molar-refractivity contribution in [3.05, 3.63) is 34.3 Å². The second-order valence-corrected chi connectivity index (χ2v) is 6.27. The second kappa shape index (κ2) is 5.96. The molecule has 0 bridgehead atoms. The summed E-state index contributed by atoms with van der Waals surface area (Å²) in [6.45, 7) is 1.88. The molecule has 0 radical (unpaired) electrons. The Labute approximate surface area is 123 Å². The number of carboxylic acids is 1. The van der Waals surface area contributed by atoms with Crippen molar-refractivity contribution in [2.24, 2.45) is 5.41 Å². The van der Waals surface area contributed by atoms with Crippen LogP contribution < -0.4 is 0 Å². The Balaban J connectivity index is 2.20. The first-order chi connectivity index (χ1) is 9.42. The number of hydrogen-bond acceptors (Lipinski definition) is 2. The van der Waals surface area contributed by atoms with Crippen LogP contribution in [0.2, 0.25) is 5.02 Å². The molecule has 1 aliphatic rings. The van der Waals surface area contributed by atoms with Gasteiger partial charge in [0.05, 0.1) is 6.42 Å². The molecule has 0 amide bonds. The number of carbonyl (C=O) groups is 2. The standard InChI is InChI=1S/C16H19ClO3/c1-11-4-5-12(17)8-13(11)14(18)9-16(10-15(19)20)6-2-3-7-16/h4-5,8H,2-3,6-7,9-10H2,1H3,(H,19,20). The topological polar surface area (TPSA) is 54.4 Å². The third-order valence-corrected chi connectivity index (χ3v) is 4.46. The lowest BCUT2D eigenvalue weighted by Gasteiger charge is -2.26. The molecule has 108 valence electrons. The lowest BCUT2D eigenvalue weighted by atomic mass is 9.77. The molecule has 3 nitrogen and oxygen atoms in total. The molecule has 20 heavy (non-hydrogen) atoms. The first-order valence-corrected chi connectivity index (χ1v) is 7.31. The molecule has 0 atom stereocenters. The minimum absolute atomic E-state index is 0.00755. The van der Waals surface area contributed by atoms with E-state index in [-0.39, 0.29) is 17.6 Å². The van der Waals surface area contributed by atoms with Gasteiger partial charge in [0.25, 0.3) is 0 Å². The second-order valence-electron chi connectivity index (χ2n) is 5.84. The minimum atomic E-state index is -0.817. The molecule has 0 unspecified atom stereocenters. The van der Waals surface area contributed by atoms with Crippen molar-refractivity contribution < 1.29 is 14.7 Å². The van der Waals surface area contributed by atoms with Gasteiger partial charge in [-0.25, -0.2) is 0 Å². The largest absolute Gasteiger partial charge is 0.481 e. The fraction of sp³-hybridized carbons (Fsp3) is 0.500. The van der Waals surface area contributed by atoms with Crippen LogP contribution in [0.15, 0.2) is 18.2 Å². The molecule has 1 N–H and O–H groups in total. The van der Waals surface area contributed by atoms with Crippen molar-refractivity contribution >= 4 is 23.4 Å².